The summed E-state index contributed by atoms with van der Waals surface area (Å²) in [5.41, 5.74) is -4.43. The molecule has 0 aliphatic carbocycles. The summed E-state index contributed by atoms with van der Waals surface area (Å²) in [6.45, 7) is 2.14. The molecule has 1 amide bonds. The van der Waals surface area contributed by atoms with Gasteiger partial charge in [-0.2, -0.15) is 17.5 Å². The molecule has 18 heavy (non-hydrogen) atoms. The number of nitrogens with zero attached hydrogens (tertiary/aromatic N) is 1. The van der Waals surface area contributed by atoms with Crippen LogP contribution in [0.25, 0.3) is 0 Å². The fourth-order valence-electron chi connectivity index (χ4n) is 1.54. The van der Waals surface area contributed by atoms with Crippen LogP contribution in [0.15, 0.2) is 11.3 Å². The summed E-state index contributed by atoms with van der Waals surface area (Å²) in [5, 5.41) is 2.35. The maximum Gasteiger partial charge on any atom is 0.511 e. The molecule has 5 nitrogen and oxygen atoms in total. The molecule has 0 fully saturated rings. The van der Waals surface area contributed by atoms with Gasteiger partial charge in [-0.05, 0) is 13.3 Å². The second-order valence-corrected chi connectivity index (χ2v) is 5.90. The van der Waals surface area contributed by atoms with Crippen molar-refractivity contribution in [1.29, 1.82) is 0 Å². The quantitative estimate of drug-likeness (QED) is 0.822. The average Bonchev–Trinajstić information content (AvgIpc) is 2.18. The molecule has 0 bridgehead atoms. The van der Waals surface area contributed by atoms with E-state index in [4.69, 9.17) is 0 Å². The number of carbonyl (C=O) groups is 1. The third kappa shape index (κ3) is 3.02. The van der Waals surface area contributed by atoms with Gasteiger partial charge in [0.2, 0.25) is 5.91 Å². The minimum Gasteiger partial charge on any atom is -0.329 e. The number of alkyl halides is 3. The van der Waals surface area contributed by atoms with Crippen LogP contribution in [0.2, 0.25) is 0 Å². The van der Waals surface area contributed by atoms with Crippen molar-refractivity contribution in [3.05, 3.63) is 11.3 Å². The first-order valence-corrected chi connectivity index (χ1v) is 6.52. The molecule has 0 spiro atoms. The number of hydrogen-bond donors (Lipinski definition) is 1. The van der Waals surface area contributed by atoms with Crippen molar-refractivity contribution >= 4 is 15.9 Å². The van der Waals surface area contributed by atoms with Gasteiger partial charge >= 0.3 is 15.5 Å². The van der Waals surface area contributed by atoms with Crippen LogP contribution in [0.3, 0.4) is 0 Å². The Labute approximate surface area is 103 Å². The van der Waals surface area contributed by atoms with E-state index in [1.165, 1.54) is 6.92 Å². The van der Waals surface area contributed by atoms with Crippen LogP contribution in [-0.4, -0.2) is 37.2 Å². The molecule has 0 unspecified atom stereocenters. The standard InChI is InChI=1S/C9H13F3N2O3S/c1-6-3-4-14(5-8(6)13-7(2)15)18(16,17)9(10,11)12/h3-5H2,1-2H3,(H,13,15). The van der Waals surface area contributed by atoms with Gasteiger partial charge in [-0.1, -0.05) is 5.57 Å². The largest absolute Gasteiger partial charge is 0.511 e. The maximum absolute atomic E-state index is 12.4. The van der Waals surface area contributed by atoms with E-state index in [9.17, 15) is 26.4 Å². The molecular weight excluding hydrogens is 273 g/mol. The highest BCUT2D eigenvalue weighted by Gasteiger charge is 2.50. The molecule has 104 valence electrons. The topological polar surface area (TPSA) is 66.5 Å². The van der Waals surface area contributed by atoms with Gasteiger partial charge in [0, 0.05) is 19.2 Å². The summed E-state index contributed by atoms with van der Waals surface area (Å²) in [6, 6.07) is 0. The van der Waals surface area contributed by atoms with Crippen LogP contribution in [0, 0.1) is 0 Å². The Balaban J connectivity index is 2.97. The van der Waals surface area contributed by atoms with Crippen molar-refractivity contribution in [3.8, 4) is 0 Å². The lowest BCUT2D eigenvalue weighted by molar-refractivity contribution is -0.118. The van der Waals surface area contributed by atoms with Crippen molar-refractivity contribution in [3.63, 3.8) is 0 Å². The summed E-state index contributed by atoms with van der Waals surface area (Å²) in [7, 11) is -5.34. The second-order valence-electron chi connectivity index (χ2n) is 3.97. The molecule has 0 radical (unpaired) electrons. The second kappa shape index (κ2) is 4.88. The molecule has 9 heteroatoms. The van der Waals surface area contributed by atoms with E-state index in [0.29, 0.717) is 9.88 Å². The summed E-state index contributed by atoms with van der Waals surface area (Å²) in [5.74, 6) is -0.449. The van der Waals surface area contributed by atoms with E-state index in [1.54, 1.807) is 6.92 Å². The zero-order valence-electron chi connectivity index (χ0n) is 9.84. The summed E-state index contributed by atoms with van der Waals surface area (Å²) in [4.78, 5) is 10.9. The highest BCUT2D eigenvalue weighted by Crippen LogP contribution is 2.29. The van der Waals surface area contributed by atoms with Crippen LogP contribution >= 0.6 is 0 Å². The normalized spacial score (nSPS) is 18.9. The lowest BCUT2D eigenvalue weighted by atomic mass is 10.1. The molecule has 1 aliphatic rings. The lowest BCUT2D eigenvalue weighted by Gasteiger charge is -2.29. The molecule has 0 aromatic rings. The van der Waals surface area contributed by atoms with Gasteiger partial charge in [0.05, 0.1) is 6.54 Å². The van der Waals surface area contributed by atoms with E-state index in [0.717, 1.165) is 0 Å². The van der Waals surface area contributed by atoms with E-state index in [1.807, 2.05) is 0 Å². The number of amides is 1. The molecular formula is C9H13F3N2O3S. The zero-order chi connectivity index (χ0) is 14.1. The van der Waals surface area contributed by atoms with Gasteiger partial charge in [0.1, 0.15) is 0 Å². The summed E-state index contributed by atoms with van der Waals surface area (Å²) < 4.78 is 59.9. The highest BCUT2D eigenvalue weighted by atomic mass is 32.2. The molecule has 0 aromatic carbocycles. The van der Waals surface area contributed by atoms with Crippen molar-refractivity contribution < 1.29 is 26.4 Å². The first kappa shape index (κ1) is 15.0. The molecule has 1 N–H and O–H groups in total. The monoisotopic (exact) mass is 286 g/mol. The number of halogens is 3. The third-order valence-electron chi connectivity index (χ3n) is 2.55. The van der Waals surface area contributed by atoms with Crippen LogP contribution in [0.5, 0.6) is 0 Å². The van der Waals surface area contributed by atoms with Gasteiger partial charge in [-0.15, -0.1) is 0 Å². The minimum absolute atomic E-state index is 0.158. The SMILES string of the molecule is CC(=O)NC1=C(C)CCN(S(=O)(=O)C(F)(F)F)C1. The van der Waals surface area contributed by atoms with Crippen molar-refractivity contribution in [2.24, 2.45) is 0 Å². The molecule has 0 atom stereocenters. The van der Waals surface area contributed by atoms with Crippen molar-refractivity contribution in [1.82, 2.24) is 9.62 Å². The predicted octanol–water partition coefficient (Wildman–Crippen LogP) is 0.952. The number of carbonyl (C=O) groups excluding carboxylic acids is 1. The van der Waals surface area contributed by atoms with Crippen molar-refractivity contribution in [2.45, 2.75) is 25.8 Å². The van der Waals surface area contributed by atoms with Gasteiger partial charge in [-0.25, -0.2) is 8.42 Å². The van der Waals surface area contributed by atoms with Gasteiger partial charge in [0.25, 0.3) is 0 Å². The van der Waals surface area contributed by atoms with Crippen LogP contribution in [0.4, 0.5) is 13.2 Å². The van der Waals surface area contributed by atoms with E-state index >= 15 is 0 Å². The van der Waals surface area contributed by atoms with E-state index in [2.05, 4.69) is 5.32 Å². The highest BCUT2D eigenvalue weighted by molar-refractivity contribution is 7.90. The number of rotatable bonds is 2. The Bertz CT molecular complexity index is 482. The summed E-state index contributed by atoms with van der Waals surface area (Å²) >= 11 is 0. The average molecular weight is 286 g/mol. The number of nitrogens with one attached hydrogen (secondary N) is 1. The Hall–Kier alpha value is -1.09. The Morgan fingerprint density at radius 2 is 1.94 bits per heavy atom. The summed E-state index contributed by atoms with van der Waals surface area (Å²) in [6.07, 6.45) is 0.158. The Kier molecular flexibility index (Phi) is 4.06. The predicted molar refractivity (Wildman–Crippen MR) is 57.7 cm³/mol. The number of hydrogen-bond acceptors (Lipinski definition) is 3. The fourth-order valence-corrected chi connectivity index (χ4v) is 2.47. The smallest absolute Gasteiger partial charge is 0.329 e. The minimum atomic E-state index is -5.34. The molecule has 1 aliphatic heterocycles. The van der Waals surface area contributed by atoms with Gasteiger partial charge < -0.3 is 5.32 Å². The molecule has 1 heterocycles. The van der Waals surface area contributed by atoms with Crippen LogP contribution in [-0.2, 0) is 14.8 Å². The molecule has 0 saturated carbocycles. The Morgan fingerprint density at radius 3 is 2.39 bits per heavy atom. The van der Waals surface area contributed by atoms with Crippen molar-refractivity contribution in [2.75, 3.05) is 13.1 Å². The number of sulfonamides is 1. The third-order valence-corrected chi connectivity index (χ3v) is 4.12. The zero-order valence-corrected chi connectivity index (χ0v) is 10.7. The Morgan fingerprint density at radius 1 is 1.39 bits per heavy atom. The maximum atomic E-state index is 12.4. The fraction of sp³-hybridized carbons (Fsp3) is 0.667. The lowest BCUT2D eigenvalue weighted by Crippen LogP contribution is -2.46. The molecule has 1 rings (SSSR count). The molecule has 0 aromatic heterocycles. The molecule has 0 saturated heterocycles. The van der Waals surface area contributed by atoms with Crippen LogP contribution in [0.1, 0.15) is 20.3 Å². The van der Waals surface area contributed by atoms with Crippen LogP contribution < -0.4 is 5.32 Å². The van der Waals surface area contributed by atoms with Gasteiger partial charge in [-0.3, -0.25) is 4.79 Å². The van der Waals surface area contributed by atoms with Gasteiger partial charge in [0.15, 0.2) is 0 Å². The van der Waals surface area contributed by atoms with E-state index < -0.39 is 28.0 Å². The van der Waals surface area contributed by atoms with E-state index in [-0.39, 0.29) is 18.7 Å². The first-order chi connectivity index (χ1) is 8.05. The first-order valence-electron chi connectivity index (χ1n) is 5.08.